The van der Waals surface area contributed by atoms with Crippen LogP contribution in [-0.2, 0) is 15.3 Å². The van der Waals surface area contributed by atoms with E-state index in [1.54, 1.807) is 42.5 Å². The topological polar surface area (TPSA) is 102 Å². The van der Waals surface area contributed by atoms with E-state index in [0.717, 1.165) is 36.2 Å². The van der Waals surface area contributed by atoms with E-state index in [1.165, 1.54) is 35.9 Å². The molecule has 45 heavy (non-hydrogen) atoms. The second-order valence-corrected chi connectivity index (χ2v) is 12.3. The van der Waals surface area contributed by atoms with Crippen molar-refractivity contribution in [3.63, 3.8) is 0 Å². The van der Waals surface area contributed by atoms with Gasteiger partial charge in [-0.15, -0.1) is 10.2 Å². The molecule has 0 spiro atoms. The van der Waals surface area contributed by atoms with Crippen molar-refractivity contribution in [1.82, 2.24) is 10.2 Å². The van der Waals surface area contributed by atoms with Gasteiger partial charge >= 0.3 is 0 Å². The number of nitrogens with zero attached hydrogens (tertiary/aromatic N) is 3. The van der Waals surface area contributed by atoms with E-state index in [9.17, 15) is 19.1 Å². The lowest BCUT2D eigenvalue weighted by atomic mass is 9.95. The molecule has 5 rings (SSSR count). The molecule has 0 saturated heterocycles. The Balaban J connectivity index is 1.48. The van der Waals surface area contributed by atoms with Gasteiger partial charge in [-0.2, -0.15) is 0 Å². The summed E-state index contributed by atoms with van der Waals surface area (Å²) in [7, 11) is 1.52. The van der Waals surface area contributed by atoms with Gasteiger partial charge in [-0.3, -0.25) is 14.5 Å². The van der Waals surface area contributed by atoms with Crippen molar-refractivity contribution < 1.29 is 28.6 Å². The zero-order chi connectivity index (χ0) is 31.8. The van der Waals surface area contributed by atoms with Gasteiger partial charge in [0, 0.05) is 5.75 Å². The quantitative estimate of drug-likeness (QED) is 0.0644. The number of unbranched alkanes of at least 4 members (excludes halogenated alkanes) is 2. The lowest BCUT2D eigenvalue weighted by Gasteiger charge is -2.24. The number of carbonyl (C=O) groups is 2. The number of aromatic nitrogens is 2. The molecule has 8 nitrogen and oxygen atoms in total. The number of amides is 1. The minimum Gasteiger partial charge on any atom is -0.503 e. The number of allylic oxidation sites excluding steroid dienone is 1. The smallest absolute Gasteiger partial charge is 0.296 e. The summed E-state index contributed by atoms with van der Waals surface area (Å²) < 4.78 is 26.2. The normalized spacial score (nSPS) is 14.9. The van der Waals surface area contributed by atoms with Crippen molar-refractivity contribution in [3.05, 3.63) is 113 Å². The van der Waals surface area contributed by atoms with Gasteiger partial charge in [0.25, 0.3) is 5.91 Å². The Bertz CT molecular complexity index is 1720. The van der Waals surface area contributed by atoms with E-state index < -0.39 is 23.5 Å². The standard InChI is InChI=1S/C34H32FN3O5S2/c1-3-4-10-19-43-27-18-16-23(20-28(27)42-2)30-29(26(39)17-15-22-11-6-5-7-12-22)31(40)32(41)38(30)33-36-37-34(45-33)44-21-24-13-8-9-14-25(24)35/h5-9,11-18,20,30,40H,3-4,10,19,21H2,1-2H3/b17-15+. The number of ether oxygens (including phenoxy) is 2. The monoisotopic (exact) mass is 645 g/mol. The summed E-state index contributed by atoms with van der Waals surface area (Å²) in [5.74, 6) is -1.04. The second kappa shape index (κ2) is 15.0. The van der Waals surface area contributed by atoms with Crippen molar-refractivity contribution in [2.45, 2.75) is 42.3 Å². The Labute approximate surface area is 269 Å². The van der Waals surface area contributed by atoms with Crippen LogP contribution in [0.2, 0.25) is 0 Å². The molecule has 0 saturated carbocycles. The summed E-state index contributed by atoms with van der Waals surface area (Å²) in [5.41, 5.74) is 1.71. The minimum atomic E-state index is -1.02. The van der Waals surface area contributed by atoms with Gasteiger partial charge in [-0.1, -0.05) is 104 Å². The zero-order valence-electron chi connectivity index (χ0n) is 24.8. The molecule has 0 fully saturated rings. The van der Waals surface area contributed by atoms with Crippen LogP contribution in [-0.4, -0.2) is 40.7 Å². The molecule has 1 amide bonds. The number of anilines is 1. The van der Waals surface area contributed by atoms with Gasteiger partial charge in [0.15, 0.2) is 27.4 Å². The van der Waals surface area contributed by atoms with Gasteiger partial charge in [0.1, 0.15) is 5.82 Å². The van der Waals surface area contributed by atoms with E-state index >= 15 is 0 Å². The van der Waals surface area contributed by atoms with E-state index in [2.05, 4.69) is 17.1 Å². The van der Waals surface area contributed by atoms with Gasteiger partial charge in [0.2, 0.25) is 5.13 Å². The second-order valence-electron chi connectivity index (χ2n) is 10.1. The van der Waals surface area contributed by atoms with E-state index in [1.807, 2.05) is 30.3 Å². The molecule has 4 aromatic rings. The Kier molecular flexibility index (Phi) is 10.6. The van der Waals surface area contributed by atoms with Crippen LogP contribution in [0.25, 0.3) is 6.08 Å². The summed E-state index contributed by atoms with van der Waals surface area (Å²) in [6.45, 7) is 2.63. The van der Waals surface area contributed by atoms with Crippen LogP contribution >= 0.6 is 23.1 Å². The molecule has 1 unspecified atom stereocenters. The molecule has 11 heteroatoms. The van der Waals surface area contributed by atoms with Crippen LogP contribution < -0.4 is 14.4 Å². The highest BCUT2D eigenvalue weighted by molar-refractivity contribution is 8.00. The third kappa shape index (κ3) is 7.43. The molecule has 1 N–H and O–H groups in total. The van der Waals surface area contributed by atoms with Crippen LogP contribution in [0.1, 0.15) is 48.9 Å². The third-order valence-corrected chi connectivity index (χ3v) is 9.22. The number of carbonyl (C=O) groups excluding carboxylic acids is 2. The molecular weight excluding hydrogens is 614 g/mol. The lowest BCUT2D eigenvalue weighted by molar-refractivity contribution is -0.117. The summed E-state index contributed by atoms with van der Waals surface area (Å²) in [4.78, 5) is 28.5. The van der Waals surface area contributed by atoms with Crippen LogP contribution in [0.5, 0.6) is 11.5 Å². The minimum absolute atomic E-state index is 0.0957. The maximum atomic E-state index is 14.2. The molecule has 1 aromatic heterocycles. The largest absolute Gasteiger partial charge is 0.503 e. The predicted molar refractivity (Wildman–Crippen MR) is 174 cm³/mol. The van der Waals surface area contributed by atoms with Gasteiger partial charge in [-0.25, -0.2) is 4.39 Å². The lowest BCUT2D eigenvalue weighted by Crippen LogP contribution is -2.30. The predicted octanol–water partition coefficient (Wildman–Crippen LogP) is 7.73. The molecule has 2 heterocycles. The molecule has 1 atom stereocenters. The fourth-order valence-electron chi connectivity index (χ4n) is 4.82. The van der Waals surface area contributed by atoms with Crippen molar-refractivity contribution >= 4 is 46.0 Å². The van der Waals surface area contributed by atoms with Gasteiger partial charge < -0.3 is 14.6 Å². The van der Waals surface area contributed by atoms with E-state index in [0.29, 0.717) is 39.3 Å². The van der Waals surface area contributed by atoms with Crippen LogP contribution in [0.15, 0.2) is 94.5 Å². The first-order valence-corrected chi connectivity index (χ1v) is 16.3. The number of aliphatic hydroxyl groups excluding tert-OH is 1. The number of methoxy groups -OCH3 is 1. The number of ketones is 1. The first-order chi connectivity index (χ1) is 21.9. The fourth-order valence-corrected chi connectivity index (χ4v) is 6.67. The average Bonchev–Trinajstić information content (AvgIpc) is 3.63. The average molecular weight is 646 g/mol. The van der Waals surface area contributed by atoms with Crippen molar-refractivity contribution in [2.75, 3.05) is 18.6 Å². The number of thioether (sulfide) groups is 1. The van der Waals surface area contributed by atoms with E-state index in [4.69, 9.17) is 9.47 Å². The van der Waals surface area contributed by atoms with E-state index in [-0.39, 0.29) is 16.5 Å². The number of halogens is 1. The summed E-state index contributed by atoms with van der Waals surface area (Å²) >= 11 is 2.39. The molecule has 232 valence electrons. The number of hydrogen-bond acceptors (Lipinski definition) is 9. The van der Waals surface area contributed by atoms with Gasteiger partial charge in [0.05, 0.1) is 25.3 Å². The Morgan fingerprint density at radius 2 is 1.84 bits per heavy atom. The van der Waals surface area contributed by atoms with Crippen molar-refractivity contribution in [2.24, 2.45) is 0 Å². The third-order valence-electron chi connectivity index (χ3n) is 7.12. The molecule has 1 aliphatic rings. The van der Waals surface area contributed by atoms with Crippen LogP contribution in [0, 0.1) is 5.82 Å². The summed E-state index contributed by atoms with van der Waals surface area (Å²) in [5, 5.41) is 19.7. The van der Waals surface area contributed by atoms with Gasteiger partial charge in [-0.05, 0) is 47.4 Å². The highest BCUT2D eigenvalue weighted by Crippen LogP contribution is 2.45. The Morgan fingerprint density at radius 1 is 1.07 bits per heavy atom. The Morgan fingerprint density at radius 3 is 2.60 bits per heavy atom. The van der Waals surface area contributed by atoms with Crippen molar-refractivity contribution in [1.29, 1.82) is 0 Å². The molecule has 3 aromatic carbocycles. The molecule has 0 bridgehead atoms. The van der Waals surface area contributed by atoms with Crippen molar-refractivity contribution in [3.8, 4) is 11.5 Å². The maximum absolute atomic E-state index is 14.2. The molecule has 0 radical (unpaired) electrons. The number of rotatable bonds is 14. The first-order valence-electron chi connectivity index (χ1n) is 14.5. The highest BCUT2D eigenvalue weighted by atomic mass is 32.2. The zero-order valence-corrected chi connectivity index (χ0v) is 26.4. The first kappa shape index (κ1) is 31.9. The van der Waals surface area contributed by atoms with Crippen LogP contribution in [0.3, 0.4) is 0 Å². The number of hydrogen-bond donors (Lipinski definition) is 1. The number of benzene rings is 3. The molecular formula is C34H32FN3O5S2. The summed E-state index contributed by atoms with van der Waals surface area (Å²) in [6.07, 6.45) is 5.95. The SMILES string of the molecule is CCCCCOc1ccc(C2C(C(=O)/C=C/c3ccccc3)=C(O)C(=O)N2c2nnc(SCc3ccccc3F)s2)cc1OC. The maximum Gasteiger partial charge on any atom is 0.296 e. The molecule has 1 aliphatic heterocycles. The number of aliphatic hydroxyl groups is 1. The Hall–Kier alpha value is -4.48. The fraction of sp³-hybridized carbons (Fsp3) is 0.235. The van der Waals surface area contributed by atoms with Crippen LogP contribution in [0.4, 0.5) is 9.52 Å². The summed E-state index contributed by atoms with van der Waals surface area (Å²) in [6, 6.07) is 19.9. The highest BCUT2D eigenvalue weighted by Gasteiger charge is 2.45. The molecule has 0 aliphatic carbocycles.